The summed E-state index contributed by atoms with van der Waals surface area (Å²) < 4.78 is 86.6. The molecule has 4 N–H and O–H groups in total. The molecule has 0 amide bonds. The van der Waals surface area contributed by atoms with Crippen molar-refractivity contribution in [3.05, 3.63) is 58.2 Å². The summed E-state index contributed by atoms with van der Waals surface area (Å²) in [6.07, 6.45) is 2.18. The average Bonchev–Trinajstić information content (AvgIpc) is 4.09. The third-order valence-corrected chi connectivity index (χ3v) is 16.5. The van der Waals surface area contributed by atoms with Crippen LogP contribution in [0.15, 0.2) is 34.6 Å². The molecule has 2 aliphatic heterocycles. The number of halogens is 3. The molecule has 23 heteroatoms. The molecular weight excluding hydrogens is 990 g/mol. The number of sulfonamides is 1. The van der Waals surface area contributed by atoms with Gasteiger partial charge in [0, 0.05) is 62.9 Å². The number of ether oxygens (including phenoxy) is 1. The molecule has 2 aromatic carbocycles. The van der Waals surface area contributed by atoms with E-state index in [1.165, 1.54) is 59.3 Å². The maximum absolute atomic E-state index is 14.2. The Bertz CT molecular complexity index is 2510. The van der Waals surface area contributed by atoms with Gasteiger partial charge in [0.05, 0.1) is 0 Å². The zero-order valence-electron chi connectivity index (χ0n) is 44.6. The van der Waals surface area contributed by atoms with Gasteiger partial charge in [0.2, 0.25) is 11.9 Å². The summed E-state index contributed by atoms with van der Waals surface area (Å²) in [5.74, 6) is 1.09. The largest absolute Gasteiger partial charge is 0.359 e. The predicted octanol–water partition coefficient (Wildman–Crippen LogP) is 9.31. The Balaban J connectivity index is 0.000000262. The molecule has 2 unspecified atom stereocenters. The molecule has 2 aromatic heterocycles. The molecule has 2 saturated heterocycles. The van der Waals surface area contributed by atoms with E-state index < -0.39 is 32.3 Å². The Morgan fingerprint density at radius 3 is 1.75 bits per heavy atom. The summed E-state index contributed by atoms with van der Waals surface area (Å²) in [5.41, 5.74) is 4.51. The number of hydrogen-bond acceptors (Lipinski definition) is 14. The van der Waals surface area contributed by atoms with Crippen molar-refractivity contribution < 1.29 is 30.4 Å². The SMILES string of the molecule is CC(C)c1cc(F)cc(C(C)C)c1Nc1n[nH]c(S(=O)(=O)N2CCC(CN(C)C)C2)n1.CC(C)c1cc(F)cc(C(C)C)c1Nc1nc(S(=O)(=O)Cl)nn1COCC[Si](C)(C)C.CN(C)CC1CCNC1. The molecule has 0 radical (unpaired) electrons. The van der Waals surface area contributed by atoms with Crippen LogP contribution in [0.1, 0.15) is 114 Å². The molecule has 2 fully saturated rings. The van der Waals surface area contributed by atoms with Crippen LogP contribution in [0.2, 0.25) is 25.7 Å². The first-order chi connectivity index (χ1) is 33.0. The summed E-state index contributed by atoms with van der Waals surface area (Å²) in [5, 5.41) is 19.6. The Labute approximate surface area is 428 Å². The van der Waals surface area contributed by atoms with E-state index in [9.17, 15) is 25.6 Å². The first-order valence-corrected chi connectivity index (χ1v) is 32.0. The molecule has 71 heavy (non-hydrogen) atoms. The lowest BCUT2D eigenvalue weighted by Gasteiger charge is -2.21. The molecule has 6 rings (SSSR count). The van der Waals surface area contributed by atoms with Gasteiger partial charge in [-0.3, -0.25) is 0 Å². The highest BCUT2D eigenvalue weighted by molar-refractivity contribution is 8.13. The van der Waals surface area contributed by atoms with Crippen molar-refractivity contribution in [3.63, 3.8) is 0 Å². The lowest BCUT2D eigenvalue weighted by Crippen LogP contribution is -2.31. The quantitative estimate of drug-likeness (QED) is 0.0371. The average molecular weight is 1070 g/mol. The van der Waals surface area contributed by atoms with Gasteiger partial charge in [-0.1, -0.05) is 75.0 Å². The van der Waals surface area contributed by atoms with Crippen molar-refractivity contribution in [1.82, 2.24) is 49.4 Å². The number of nitrogens with zero attached hydrogens (tertiary/aromatic N) is 8. The van der Waals surface area contributed by atoms with E-state index in [0.717, 1.165) is 52.9 Å². The van der Waals surface area contributed by atoms with Crippen molar-refractivity contribution in [2.24, 2.45) is 11.8 Å². The smallest absolute Gasteiger partial charge is 0.298 e. The second kappa shape index (κ2) is 26.0. The summed E-state index contributed by atoms with van der Waals surface area (Å²) in [6, 6.07) is 6.90. The number of anilines is 4. The van der Waals surface area contributed by atoms with Crippen molar-refractivity contribution in [2.45, 2.75) is 135 Å². The summed E-state index contributed by atoms with van der Waals surface area (Å²) in [6.45, 7) is 28.5. The van der Waals surface area contributed by atoms with E-state index in [1.54, 1.807) is 0 Å². The number of nitrogens with one attached hydrogen (secondary N) is 4. The third-order valence-electron chi connectivity index (χ3n) is 12.1. The van der Waals surface area contributed by atoms with Gasteiger partial charge in [0.25, 0.3) is 29.4 Å². The molecule has 2 atom stereocenters. The maximum Gasteiger partial charge on any atom is 0.298 e. The molecule has 4 aromatic rings. The van der Waals surface area contributed by atoms with Crippen LogP contribution in [0, 0.1) is 23.5 Å². The molecule has 0 aliphatic carbocycles. The number of hydrogen-bond donors (Lipinski definition) is 4. The first-order valence-electron chi connectivity index (χ1n) is 24.6. The standard InChI is InChI=1S/C21H33FN6O2S.C20H32ClFN4O3SSi.C7H16N2/c1-13(2)17-9-16(22)10-18(14(3)4)19(17)23-20-24-21(26-25-20)31(29,30)28-8-7-15(12-28)11-27(5)6;1-13(2)16-10-15(22)11-17(14(3)4)18(16)23-19-24-20(30(21,27)28)25-26(19)12-29-8-9-31(5,6)7;1-9(2)6-7-3-4-8-5-7/h9-10,13-15H,7-8,11-12H2,1-6H3,(H2,23,24,25,26);10-11,13-14H,8-9,12H2,1-7H3,(H,23,24,25);7-8H,3-6H2,1-2H3. The molecule has 17 nitrogen and oxygen atoms in total. The van der Waals surface area contributed by atoms with Gasteiger partial charge >= 0.3 is 0 Å². The Kier molecular flexibility index (Phi) is 22.0. The second-order valence-electron chi connectivity index (χ2n) is 21.7. The highest BCUT2D eigenvalue weighted by Gasteiger charge is 2.35. The third kappa shape index (κ3) is 18.1. The van der Waals surface area contributed by atoms with E-state index in [2.05, 4.69) is 84.8 Å². The summed E-state index contributed by atoms with van der Waals surface area (Å²) >= 11 is 0. The van der Waals surface area contributed by atoms with Crippen LogP contribution in [-0.4, -0.2) is 143 Å². The van der Waals surface area contributed by atoms with Crippen LogP contribution in [-0.2, 0) is 30.5 Å². The van der Waals surface area contributed by atoms with Gasteiger partial charge in [-0.15, -0.1) is 10.2 Å². The Morgan fingerprint density at radius 2 is 1.30 bits per heavy atom. The van der Waals surface area contributed by atoms with Crippen LogP contribution < -0.4 is 16.0 Å². The van der Waals surface area contributed by atoms with E-state index in [1.807, 2.05) is 69.5 Å². The van der Waals surface area contributed by atoms with Crippen LogP contribution in [0.3, 0.4) is 0 Å². The highest BCUT2D eigenvalue weighted by Crippen LogP contribution is 2.37. The zero-order chi connectivity index (χ0) is 53.2. The highest BCUT2D eigenvalue weighted by atomic mass is 35.7. The maximum atomic E-state index is 14.2. The van der Waals surface area contributed by atoms with Crippen molar-refractivity contribution in [2.75, 3.05) is 84.7 Å². The monoisotopic (exact) mass is 1070 g/mol. The topological polar surface area (TPSA) is 196 Å². The minimum atomic E-state index is -4.13. The lowest BCUT2D eigenvalue weighted by molar-refractivity contribution is 0.0792. The second-order valence-corrected chi connectivity index (χ2v) is 31.6. The molecule has 4 heterocycles. The van der Waals surface area contributed by atoms with E-state index in [-0.39, 0.29) is 59.1 Å². The predicted molar refractivity (Wildman–Crippen MR) is 284 cm³/mol. The van der Waals surface area contributed by atoms with Gasteiger partial charge < -0.3 is 30.5 Å². The van der Waals surface area contributed by atoms with Crippen LogP contribution in [0.5, 0.6) is 0 Å². The van der Waals surface area contributed by atoms with Crippen molar-refractivity contribution in [3.8, 4) is 0 Å². The molecule has 0 saturated carbocycles. The van der Waals surface area contributed by atoms with E-state index in [4.69, 9.17) is 15.4 Å². The van der Waals surface area contributed by atoms with Gasteiger partial charge in [-0.2, -0.15) is 14.3 Å². The lowest BCUT2D eigenvalue weighted by atomic mass is 9.92. The number of aromatic nitrogens is 6. The normalized spacial score (nSPS) is 16.9. The molecule has 2 aliphatic rings. The number of rotatable bonds is 20. The zero-order valence-corrected chi connectivity index (χ0v) is 48.0. The fourth-order valence-corrected chi connectivity index (χ4v) is 11.1. The van der Waals surface area contributed by atoms with Gasteiger partial charge in [0.1, 0.15) is 18.4 Å². The molecular formula is C48H81ClF2N12O5S2Si. The minimum absolute atomic E-state index is 0.0153. The van der Waals surface area contributed by atoms with Gasteiger partial charge in [-0.25, -0.2) is 35.4 Å². The Hall–Kier alpha value is -3.61. The van der Waals surface area contributed by atoms with Crippen LogP contribution in [0.25, 0.3) is 0 Å². The van der Waals surface area contributed by atoms with Gasteiger partial charge in [0.15, 0.2) is 0 Å². The first kappa shape index (κ1) is 59.9. The summed E-state index contributed by atoms with van der Waals surface area (Å²) in [7, 11) is 4.55. The van der Waals surface area contributed by atoms with E-state index in [0.29, 0.717) is 31.3 Å². The molecule has 0 bridgehead atoms. The van der Waals surface area contributed by atoms with E-state index >= 15 is 0 Å². The minimum Gasteiger partial charge on any atom is -0.359 e. The molecule has 0 spiro atoms. The van der Waals surface area contributed by atoms with Crippen molar-refractivity contribution >= 4 is 61.1 Å². The number of benzene rings is 2. The summed E-state index contributed by atoms with van der Waals surface area (Å²) in [4.78, 5) is 12.6. The fourth-order valence-electron chi connectivity index (χ4n) is 8.38. The van der Waals surface area contributed by atoms with Crippen LogP contribution in [0.4, 0.5) is 32.1 Å². The fraction of sp³-hybridized carbons (Fsp3) is 0.667. The molecule has 400 valence electrons. The number of aromatic amines is 1. The van der Waals surface area contributed by atoms with Gasteiger partial charge in [-0.05, 0) is 142 Å². The number of H-pyrrole nitrogens is 1. The van der Waals surface area contributed by atoms with Crippen molar-refractivity contribution in [1.29, 1.82) is 0 Å². The van der Waals surface area contributed by atoms with Crippen LogP contribution >= 0.6 is 10.7 Å². The Morgan fingerprint density at radius 1 is 0.789 bits per heavy atom.